The number of aliphatic hydroxyl groups is 1. The monoisotopic (exact) mass is 194 g/mol. The van der Waals surface area contributed by atoms with Crippen molar-refractivity contribution < 1.29 is 14.6 Å². The van der Waals surface area contributed by atoms with Gasteiger partial charge >= 0.3 is 0 Å². The number of benzene rings is 1. The first-order valence-electron chi connectivity index (χ1n) is 4.45. The fraction of sp³-hybridized carbons (Fsp3) is 0.364. The van der Waals surface area contributed by atoms with E-state index in [0.29, 0.717) is 5.75 Å². The van der Waals surface area contributed by atoms with Crippen molar-refractivity contribution in [2.24, 2.45) is 0 Å². The van der Waals surface area contributed by atoms with Crippen LogP contribution in [0.15, 0.2) is 18.2 Å². The first kappa shape index (κ1) is 10.7. The second-order valence-corrected chi connectivity index (χ2v) is 3.31. The predicted octanol–water partition coefficient (Wildman–Crippen LogP) is 1.24. The lowest BCUT2D eigenvalue weighted by Crippen LogP contribution is -2.14. The van der Waals surface area contributed by atoms with Crippen LogP contribution < -0.4 is 4.74 Å². The predicted molar refractivity (Wildman–Crippen MR) is 53.5 cm³/mol. The van der Waals surface area contributed by atoms with E-state index in [-0.39, 0.29) is 12.4 Å². The Morgan fingerprint density at radius 2 is 1.86 bits per heavy atom. The van der Waals surface area contributed by atoms with Crippen molar-refractivity contribution >= 4 is 5.78 Å². The first-order chi connectivity index (χ1) is 6.61. The zero-order valence-electron chi connectivity index (χ0n) is 8.41. The highest BCUT2D eigenvalue weighted by atomic mass is 16.5. The normalized spacial score (nSPS) is 9.93. The molecule has 0 saturated carbocycles. The van der Waals surface area contributed by atoms with E-state index in [1.807, 2.05) is 32.0 Å². The van der Waals surface area contributed by atoms with Crippen molar-refractivity contribution in [3.63, 3.8) is 0 Å². The second kappa shape index (κ2) is 4.77. The van der Waals surface area contributed by atoms with Gasteiger partial charge in [0.25, 0.3) is 0 Å². The molecular weight excluding hydrogens is 180 g/mol. The van der Waals surface area contributed by atoms with Crippen LogP contribution in [0, 0.1) is 13.8 Å². The van der Waals surface area contributed by atoms with Gasteiger partial charge in [0.1, 0.15) is 19.0 Å². The summed E-state index contributed by atoms with van der Waals surface area (Å²) in [5.41, 5.74) is 2.19. The molecule has 1 aromatic carbocycles. The number of carbonyl (C=O) groups is 1. The quantitative estimate of drug-likeness (QED) is 0.784. The van der Waals surface area contributed by atoms with E-state index < -0.39 is 6.61 Å². The summed E-state index contributed by atoms with van der Waals surface area (Å²) in [6, 6.07) is 5.75. The van der Waals surface area contributed by atoms with Crippen molar-refractivity contribution in [3.05, 3.63) is 29.3 Å². The number of Topliss-reactive ketones (excluding diaryl/α,β-unsaturated/α-hetero) is 1. The molecule has 0 radical (unpaired) electrons. The molecule has 3 nitrogen and oxygen atoms in total. The molecular formula is C11H14O3. The third-order valence-electron chi connectivity index (χ3n) is 1.77. The van der Waals surface area contributed by atoms with E-state index in [1.54, 1.807) is 0 Å². The van der Waals surface area contributed by atoms with Crippen LogP contribution in [0.4, 0.5) is 0 Å². The number of hydrogen-bond acceptors (Lipinski definition) is 3. The zero-order valence-corrected chi connectivity index (χ0v) is 8.41. The Hall–Kier alpha value is -1.35. The maximum absolute atomic E-state index is 10.8. The Balaban J connectivity index is 2.63. The topological polar surface area (TPSA) is 46.5 Å². The number of rotatable bonds is 4. The lowest BCUT2D eigenvalue weighted by Gasteiger charge is -2.06. The summed E-state index contributed by atoms with van der Waals surface area (Å²) >= 11 is 0. The lowest BCUT2D eigenvalue weighted by atomic mass is 10.1. The Labute approximate surface area is 83.3 Å². The van der Waals surface area contributed by atoms with Gasteiger partial charge in [0.2, 0.25) is 0 Å². The van der Waals surface area contributed by atoms with Gasteiger partial charge in [-0.1, -0.05) is 6.07 Å². The molecule has 0 saturated heterocycles. The second-order valence-electron chi connectivity index (χ2n) is 3.31. The molecule has 0 fully saturated rings. The number of aryl methyl sites for hydroxylation is 2. The number of ketones is 1. The maximum Gasteiger partial charge on any atom is 0.195 e. The largest absolute Gasteiger partial charge is 0.486 e. The van der Waals surface area contributed by atoms with Gasteiger partial charge in [0, 0.05) is 0 Å². The highest BCUT2D eigenvalue weighted by Gasteiger charge is 2.01. The molecule has 0 heterocycles. The summed E-state index contributed by atoms with van der Waals surface area (Å²) < 4.78 is 5.21. The summed E-state index contributed by atoms with van der Waals surface area (Å²) in [6.45, 7) is 3.39. The number of ether oxygens (including phenoxy) is 1. The molecule has 1 aromatic rings. The number of carbonyl (C=O) groups excluding carboxylic acids is 1. The minimum absolute atomic E-state index is 0.0700. The number of hydrogen-bond donors (Lipinski definition) is 1. The van der Waals surface area contributed by atoms with Crippen LogP contribution in [-0.2, 0) is 4.79 Å². The van der Waals surface area contributed by atoms with Gasteiger partial charge < -0.3 is 9.84 Å². The zero-order chi connectivity index (χ0) is 10.6. The fourth-order valence-corrected chi connectivity index (χ4v) is 1.23. The van der Waals surface area contributed by atoms with Gasteiger partial charge in [0.15, 0.2) is 5.78 Å². The molecule has 0 amide bonds. The molecule has 0 bridgehead atoms. The Kier molecular flexibility index (Phi) is 3.65. The van der Waals surface area contributed by atoms with E-state index in [4.69, 9.17) is 9.84 Å². The summed E-state index contributed by atoms with van der Waals surface area (Å²) in [5, 5.41) is 8.49. The van der Waals surface area contributed by atoms with Gasteiger partial charge in [0.05, 0.1) is 0 Å². The smallest absolute Gasteiger partial charge is 0.195 e. The Morgan fingerprint density at radius 1 is 1.29 bits per heavy atom. The van der Waals surface area contributed by atoms with E-state index >= 15 is 0 Å². The molecule has 76 valence electrons. The lowest BCUT2D eigenvalue weighted by molar-refractivity contribution is -0.123. The fourth-order valence-electron chi connectivity index (χ4n) is 1.23. The molecule has 0 aliphatic rings. The van der Waals surface area contributed by atoms with Crippen LogP contribution >= 0.6 is 0 Å². The van der Waals surface area contributed by atoms with E-state index in [9.17, 15) is 4.79 Å². The van der Waals surface area contributed by atoms with Gasteiger partial charge in [-0.25, -0.2) is 0 Å². The minimum Gasteiger partial charge on any atom is -0.486 e. The highest BCUT2D eigenvalue weighted by molar-refractivity contribution is 5.80. The van der Waals surface area contributed by atoms with Crippen LogP contribution in [0.1, 0.15) is 11.1 Å². The van der Waals surface area contributed by atoms with Crippen LogP contribution in [0.3, 0.4) is 0 Å². The van der Waals surface area contributed by atoms with Crippen molar-refractivity contribution in [3.8, 4) is 5.75 Å². The third-order valence-corrected chi connectivity index (χ3v) is 1.77. The third kappa shape index (κ3) is 3.18. The van der Waals surface area contributed by atoms with Crippen molar-refractivity contribution in [1.29, 1.82) is 0 Å². The molecule has 0 aliphatic carbocycles. The van der Waals surface area contributed by atoms with Crippen molar-refractivity contribution in [2.75, 3.05) is 13.2 Å². The standard InChI is InChI=1S/C11H14O3/c1-8-3-9(2)5-11(4-8)14-7-10(13)6-12/h3-5,12H,6-7H2,1-2H3. The molecule has 0 spiro atoms. The van der Waals surface area contributed by atoms with Crippen LogP contribution in [0.5, 0.6) is 5.75 Å². The maximum atomic E-state index is 10.8. The SMILES string of the molecule is Cc1cc(C)cc(OCC(=O)CO)c1. The van der Waals surface area contributed by atoms with Gasteiger partial charge in [-0.05, 0) is 37.1 Å². The molecule has 14 heavy (non-hydrogen) atoms. The summed E-state index contributed by atoms with van der Waals surface area (Å²) in [5.74, 6) is 0.355. The number of aliphatic hydroxyl groups excluding tert-OH is 1. The van der Waals surface area contributed by atoms with E-state index in [0.717, 1.165) is 11.1 Å². The molecule has 3 heteroatoms. The van der Waals surface area contributed by atoms with E-state index in [2.05, 4.69) is 0 Å². The summed E-state index contributed by atoms with van der Waals surface area (Å²) in [4.78, 5) is 10.8. The average molecular weight is 194 g/mol. The Morgan fingerprint density at radius 3 is 2.36 bits per heavy atom. The molecule has 1 N–H and O–H groups in total. The first-order valence-corrected chi connectivity index (χ1v) is 4.45. The molecule has 0 atom stereocenters. The van der Waals surface area contributed by atoms with Crippen LogP contribution in [-0.4, -0.2) is 24.1 Å². The van der Waals surface area contributed by atoms with Gasteiger partial charge in [-0.15, -0.1) is 0 Å². The Bertz CT molecular complexity index is 311. The molecule has 1 rings (SSSR count). The average Bonchev–Trinajstić information content (AvgIpc) is 2.12. The molecule has 0 aliphatic heterocycles. The van der Waals surface area contributed by atoms with Crippen LogP contribution in [0.25, 0.3) is 0 Å². The summed E-state index contributed by atoms with van der Waals surface area (Å²) in [6.07, 6.45) is 0. The highest BCUT2D eigenvalue weighted by Crippen LogP contribution is 2.15. The van der Waals surface area contributed by atoms with E-state index in [1.165, 1.54) is 0 Å². The summed E-state index contributed by atoms with van der Waals surface area (Å²) in [7, 11) is 0. The van der Waals surface area contributed by atoms with Crippen molar-refractivity contribution in [2.45, 2.75) is 13.8 Å². The minimum atomic E-state index is -0.467. The van der Waals surface area contributed by atoms with Gasteiger partial charge in [-0.3, -0.25) is 4.79 Å². The molecule has 0 aromatic heterocycles. The van der Waals surface area contributed by atoms with Crippen LogP contribution in [0.2, 0.25) is 0 Å². The molecule has 0 unspecified atom stereocenters. The van der Waals surface area contributed by atoms with Gasteiger partial charge in [-0.2, -0.15) is 0 Å². The van der Waals surface area contributed by atoms with Crippen molar-refractivity contribution in [1.82, 2.24) is 0 Å².